The van der Waals surface area contributed by atoms with Gasteiger partial charge in [-0.05, 0) is 32.6 Å². The maximum absolute atomic E-state index is 11.7. The van der Waals surface area contributed by atoms with Crippen LogP contribution < -0.4 is 5.32 Å². The van der Waals surface area contributed by atoms with E-state index in [1.165, 1.54) is 19.2 Å². The van der Waals surface area contributed by atoms with E-state index in [1.807, 2.05) is 0 Å². The molecule has 0 spiro atoms. The van der Waals surface area contributed by atoms with Crippen molar-refractivity contribution in [1.29, 1.82) is 0 Å². The number of aromatic nitrogens is 2. The number of nitrogens with zero attached hydrogens (tertiary/aromatic N) is 3. The van der Waals surface area contributed by atoms with Crippen LogP contribution in [-0.2, 0) is 20.9 Å². The third kappa shape index (κ3) is 5.59. The van der Waals surface area contributed by atoms with Crippen molar-refractivity contribution in [3.63, 3.8) is 0 Å². The lowest BCUT2D eigenvalue weighted by Gasteiger charge is -2.22. The second-order valence-corrected chi connectivity index (χ2v) is 5.45. The highest BCUT2D eigenvalue weighted by Gasteiger charge is 2.23. The largest absolute Gasteiger partial charge is 0.458 e. The van der Waals surface area contributed by atoms with Crippen LogP contribution in [0.4, 0.5) is 5.82 Å². The Balaban J connectivity index is 2.52. The summed E-state index contributed by atoms with van der Waals surface area (Å²) in [7, 11) is 0. The van der Waals surface area contributed by atoms with Gasteiger partial charge in [-0.3, -0.25) is 4.79 Å². The second kappa shape index (κ2) is 6.33. The molecule has 21 heavy (non-hydrogen) atoms. The highest BCUT2D eigenvalue weighted by Crippen LogP contribution is 2.08. The summed E-state index contributed by atoms with van der Waals surface area (Å²) in [5, 5.41) is 16.5. The summed E-state index contributed by atoms with van der Waals surface area (Å²) >= 11 is 0. The zero-order valence-electron chi connectivity index (χ0n) is 12.3. The molecule has 1 heterocycles. The number of nitro groups is 1. The normalized spacial score (nSPS) is 12.6. The summed E-state index contributed by atoms with van der Waals surface area (Å²) in [5.74, 6) is -1.39. The van der Waals surface area contributed by atoms with Crippen LogP contribution in [0.25, 0.3) is 0 Å². The third-order valence-electron chi connectivity index (χ3n) is 2.26. The molecule has 1 aromatic heterocycles. The first kappa shape index (κ1) is 16.6. The maximum atomic E-state index is 11.7. The fraction of sp³-hybridized carbons (Fsp3) is 0.583. The Labute approximate surface area is 121 Å². The van der Waals surface area contributed by atoms with Crippen LogP contribution in [0.1, 0.15) is 27.7 Å². The summed E-state index contributed by atoms with van der Waals surface area (Å²) < 4.78 is 6.24. The molecule has 1 rings (SSSR count). The van der Waals surface area contributed by atoms with Crippen molar-refractivity contribution in [2.45, 2.75) is 45.9 Å². The van der Waals surface area contributed by atoms with Crippen LogP contribution in [0.5, 0.6) is 0 Å². The van der Waals surface area contributed by atoms with Crippen molar-refractivity contribution >= 4 is 17.7 Å². The fourth-order valence-electron chi connectivity index (χ4n) is 1.42. The number of ether oxygens (including phenoxy) is 1. The van der Waals surface area contributed by atoms with E-state index < -0.39 is 28.4 Å². The lowest BCUT2D eigenvalue weighted by Crippen LogP contribution is -2.43. The van der Waals surface area contributed by atoms with Gasteiger partial charge >= 0.3 is 11.8 Å². The standard InChI is InChI=1S/C12H18N4O5/c1-8(11(18)21-12(2,3)4)13-10(17)7-15-6-5-9(14-15)16(19)20/h5-6,8H,7H2,1-4H3,(H,13,17)/t8-/m0/s1. The summed E-state index contributed by atoms with van der Waals surface area (Å²) in [4.78, 5) is 33.2. The molecule has 0 aliphatic carbocycles. The van der Waals surface area contributed by atoms with Crippen LogP contribution in [0.3, 0.4) is 0 Å². The predicted molar refractivity (Wildman–Crippen MR) is 72.3 cm³/mol. The van der Waals surface area contributed by atoms with Gasteiger partial charge in [0, 0.05) is 0 Å². The first-order valence-electron chi connectivity index (χ1n) is 6.28. The van der Waals surface area contributed by atoms with Gasteiger partial charge < -0.3 is 20.2 Å². The second-order valence-electron chi connectivity index (χ2n) is 5.45. The number of carbonyl (C=O) groups is 2. The first-order valence-corrected chi connectivity index (χ1v) is 6.28. The van der Waals surface area contributed by atoms with E-state index >= 15 is 0 Å². The van der Waals surface area contributed by atoms with Gasteiger partial charge in [0.05, 0.1) is 17.4 Å². The zero-order valence-corrected chi connectivity index (χ0v) is 12.3. The van der Waals surface area contributed by atoms with Crippen LogP contribution in [0.2, 0.25) is 0 Å². The highest BCUT2D eigenvalue weighted by atomic mass is 16.6. The maximum Gasteiger partial charge on any atom is 0.389 e. The Morgan fingerprint density at radius 3 is 2.62 bits per heavy atom. The minimum Gasteiger partial charge on any atom is -0.458 e. The van der Waals surface area contributed by atoms with Gasteiger partial charge in [-0.25, -0.2) is 4.79 Å². The highest BCUT2D eigenvalue weighted by molar-refractivity contribution is 5.84. The van der Waals surface area contributed by atoms with E-state index in [4.69, 9.17) is 4.74 Å². The molecule has 0 unspecified atom stereocenters. The van der Waals surface area contributed by atoms with Crippen molar-refractivity contribution in [3.05, 3.63) is 22.4 Å². The Morgan fingerprint density at radius 1 is 1.52 bits per heavy atom. The van der Waals surface area contributed by atoms with E-state index in [0.29, 0.717) is 0 Å². The fourth-order valence-corrected chi connectivity index (χ4v) is 1.42. The summed E-state index contributed by atoms with van der Waals surface area (Å²) in [6.07, 6.45) is 1.32. The molecule has 0 fully saturated rings. The quantitative estimate of drug-likeness (QED) is 0.484. The van der Waals surface area contributed by atoms with Gasteiger partial charge in [0.15, 0.2) is 0 Å². The number of nitrogens with one attached hydrogen (secondary N) is 1. The zero-order chi connectivity index (χ0) is 16.2. The molecule has 0 aliphatic heterocycles. The van der Waals surface area contributed by atoms with Crippen LogP contribution in [0, 0.1) is 10.1 Å². The number of esters is 1. The van der Waals surface area contributed by atoms with E-state index in [9.17, 15) is 19.7 Å². The SMILES string of the molecule is C[C@H](NC(=O)Cn1ccc([N+](=O)[O-])n1)C(=O)OC(C)(C)C. The van der Waals surface area contributed by atoms with Crippen LogP contribution in [0.15, 0.2) is 12.3 Å². The lowest BCUT2D eigenvalue weighted by atomic mass is 10.2. The van der Waals surface area contributed by atoms with Crippen LogP contribution in [-0.4, -0.2) is 38.2 Å². The Kier molecular flexibility index (Phi) is 5.01. The Morgan fingerprint density at radius 2 is 2.14 bits per heavy atom. The molecular weight excluding hydrogens is 280 g/mol. The molecule has 0 bridgehead atoms. The molecular formula is C12H18N4O5. The third-order valence-corrected chi connectivity index (χ3v) is 2.26. The molecule has 0 saturated carbocycles. The van der Waals surface area contributed by atoms with Gasteiger partial charge in [-0.1, -0.05) is 0 Å². The lowest BCUT2D eigenvalue weighted by molar-refractivity contribution is -0.389. The molecule has 1 N–H and O–H groups in total. The molecule has 1 atom stereocenters. The van der Waals surface area contributed by atoms with Crippen molar-refractivity contribution < 1.29 is 19.2 Å². The molecule has 9 nitrogen and oxygen atoms in total. The molecule has 1 amide bonds. The molecule has 9 heteroatoms. The van der Waals surface area contributed by atoms with E-state index in [0.717, 1.165) is 4.68 Å². The Bertz CT molecular complexity index is 546. The smallest absolute Gasteiger partial charge is 0.389 e. The number of hydrogen-bond donors (Lipinski definition) is 1. The number of hydrogen-bond acceptors (Lipinski definition) is 6. The molecule has 1 aromatic rings. The van der Waals surface area contributed by atoms with Crippen molar-refractivity contribution in [2.75, 3.05) is 0 Å². The van der Waals surface area contributed by atoms with Crippen LogP contribution >= 0.6 is 0 Å². The molecule has 0 aliphatic rings. The monoisotopic (exact) mass is 298 g/mol. The number of amides is 1. The van der Waals surface area contributed by atoms with Crippen molar-refractivity contribution in [3.8, 4) is 0 Å². The van der Waals surface area contributed by atoms with E-state index in [-0.39, 0.29) is 12.4 Å². The minimum absolute atomic E-state index is 0.221. The summed E-state index contributed by atoms with van der Waals surface area (Å²) in [6, 6.07) is 0.368. The number of rotatable bonds is 5. The van der Waals surface area contributed by atoms with E-state index in [2.05, 4.69) is 10.4 Å². The van der Waals surface area contributed by atoms with Gasteiger partial charge in [-0.2, -0.15) is 4.68 Å². The van der Waals surface area contributed by atoms with Crippen molar-refractivity contribution in [2.24, 2.45) is 0 Å². The summed E-state index contributed by atoms with van der Waals surface area (Å²) in [6.45, 7) is 6.45. The average Bonchev–Trinajstić information content (AvgIpc) is 2.74. The number of carbonyl (C=O) groups excluding carboxylic acids is 2. The molecule has 0 aromatic carbocycles. The molecule has 0 radical (unpaired) electrons. The Hall–Kier alpha value is -2.45. The predicted octanol–water partition coefficient (Wildman–Crippen LogP) is 0.638. The average molecular weight is 298 g/mol. The van der Waals surface area contributed by atoms with E-state index in [1.54, 1.807) is 20.8 Å². The minimum atomic E-state index is -0.817. The van der Waals surface area contributed by atoms with Crippen molar-refractivity contribution in [1.82, 2.24) is 15.1 Å². The molecule has 116 valence electrons. The van der Waals surface area contributed by atoms with Gasteiger partial charge in [-0.15, -0.1) is 0 Å². The van der Waals surface area contributed by atoms with Gasteiger partial charge in [0.25, 0.3) is 0 Å². The topological polar surface area (TPSA) is 116 Å². The first-order chi connectivity index (χ1) is 9.58. The van der Waals surface area contributed by atoms with Gasteiger partial charge in [0.1, 0.15) is 18.2 Å². The van der Waals surface area contributed by atoms with Gasteiger partial charge in [0.2, 0.25) is 5.91 Å². The summed E-state index contributed by atoms with van der Waals surface area (Å²) in [5.41, 5.74) is -0.640. The molecule has 0 saturated heterocycles.